The quantitative estimate of drug-likeness (QED) is 0.510. The van der Waals surface area contributed by atoms with Crippen molar-refractivity contribution in [1.82, 2.24) is 0 Å². The molecule has 0 fully saturated rings. The number of halogens is 1. The van der Waals surface area contributed by atoms with Crippen LogP contribution in [0.25, 0.3) is 0 Å². The molecule has 31 heavy (non-hydrogen) atoms. The van der Waals surface area contributed by atoms with E-state index in [0.717, 1.165) is 16.7 Å². The van der Waals surface area contributed by atoms with E-state index in [2.05, 4.69) is 15.5 Å². The van der Waals surface area contributed by atoms with Crippen LogP contribution in [0, 0.1) is 6.92 Å². The van der Waals surface area contributed by atoms with Gasteiger partial charge in [-0.2, -0.15) is 10.2 Å². The number of azo groups is 1. The third-order valence-electron chi connectivity index (χ3n) is 5.25. The summed E-state index contributed by atoms with van der Waals surface area (Å²) < 4.78 is 13.6. The average Bonchev–Trinajstić information content (AvgIpc) is 3.14. The largest absolute Gasteiger partial charge is 0.323 e. The number of hydrogen-bond donors (Lipinski definition) is 1. The molecule has 1 heterocycles. The van der Waals surface area contributed by atoms with Gasteiger partial charge < -0.3 is 5.32 Å². The number of rotatable bonds is 6. The van der Waals surface area contributed by atoms with Gasteiger partial charge in [0.15, 0.2) is 0 Å². The SMILES string of the molecule is Cc1ccc(NC(=O)[C@@]2([S@](=O)Cc3ccccc3)N=N[C@@H](c3ccccc3)[C@@H]2Cl)cc1. The van der Waals surface area contributed by atoms with Crippen molar-refractivity contribution in [3.05, 3.63) is 102 Å². The Kier molecular flexibility index (Phi) is 6.30. The molecular weight excluding hydrogens is 430 g/mol. The number of hydrogen-bond acceptors (Lipinski definition) is 4. The van der Waals surface area contributed by atoms with Gasteiger partial charge >= 0.3 is 0 Å². The highest BCUT2D eigenvalue weighted by Crippen LogP contribution is 2.44. The predicted octanol–water partition coefficient (Wildman–Crippen LogP) is 5.39. The van der Waals surface area contributed by atoms with Gasteiger partial charge in [0.1, 0.15) is 11.4 Å². The number of carbonyl (C=O) groups is 1. The maximum absolute atomic E-state index is 13.6. The Morgan fingerprint density at radius 3 is 2.26 bits per heavy atom. The van der Waals surface area contributed by atoms with Crippen molar-refractivity contribution in [3.8, 4) is 0 Å². The second-order valence-electron chi connectivity index (χ2n) is 7.46. The molecule has 158 valence electrons. The number of nitrogens with zero attached hydrogens (tertiary/aromatic N) is 2. The summed E-state index contributed by atoms with van der Waals surface area (Å²) in [5, 5.41) is 10.6. The predicted molar refractivity (Wildman–Crippen MR) is 125 cm³/mol. The molecule has 7 heteroatoms. The Bertz CT molecular complexity index is 1110. The van der Waals surface area contributed by atoms with Crippen LogP contribution in [0.15, 0.2) is 95.2 Å². The highest BCUT2D eigenvalue weighted by Gasteiger charge is 2.58. The van der Waals surface area contributed by atoms with Crippen molar-refractivity contribution >= 4 is 34.0 Å². The molecule has 0 bridgehead atoms. The fourth-order valence-corrected chi connectivity index (χ4v) is 5.63. The molecule has 5 nitrogen and oxygen atoms in total. The van der Waals surface area contributed by atoms with E-state index in [4.69, 9.17) is 11.6 Å². The zero-order valence-corrected chi connectivity index (χ0v) is 18.5. The molecule has 0 aromatic heterocycles. The van der Waals surface area contributed by atoms with Crippen LogP contribution in [0.2, 0.25) is 0 Å². The van der Waals surface area contributed by atoms with Crippen LogP contribution in [0.1, 0.15) is 22.7 Å². The third kappa shape index (κ3) is 4.31. The van der Waals surface area contributed by atoms with Gasteiger partial charge in [0.25, 0.3) is 10.8 Å². The summed E-state index contributed by atoms with van der Waals surface area (Å²) in [5.74, 6) is -0.376. The highest BCUT2D eigenvalue weighted by molar-refractivity contribution is 7.86. The Hall–Kier alpha value is -2.83. The summed E-state index contributed by atoms with van der Waals surface area (Å²) in [6.45, 7) is 1.96. The molecule has 0 radical (unpaired) electrons. The van der Waals surface area contributed by atoms with Gasteiger partial charge in [-0.05, 0) is 30.2 Å². The summed E-state index contributed by atoms with van der Waals surface area (Å²) in [5.41, 5.74) is 3.33. The molecular formula is C24H22ClN3O2S. The van der Waals surface area contributed by atoms with Crippen LogP contribution in [0.3, 0.4) is 0 Å². The van der Waals surface area contributed by atoms with E-state index < -0.39 is 33.0 Å². The van der Waals surface area contributed by atoms with Gasteiger partial charge in [0.05, 0.1) is 16.6 Å². The normalized spacial score (nSPS) is 23.4. The smallest absolute Gasteiger partial charge is 0.268 e. The first-order chi connectivity index (χ1) is 15.0. The van der Waals surface area contributed by atoms with Crippen molar-refractivity contribution in [2.24, 2.45) is 10.2 Å². The summed E-state index contributed by atoms with van der Waals surface area (Å²) in [4.78, 5) is 11.8. The van der Waals surface area contributed by atoms with Gasteiger partial charge in [-0.3, -0.25) is 9.00 Å². The van der Waals surface area contributed by atoms with Crippen molar-refractivity contribution in [2.45, 2.75) is 29.0 Å². The molecule has 4 atom stereocenters. The Labute approximate surface area is 189 Å². The second kappa shape index (κ2) is 9.12. The van der Waals surface area contributed by atoms with E-state index in [1.54, 1.807) is 12.1 Å². The first kappa shape index (κ1) is 21.4. The maximum Gasteiger partial charge on any atom is 0.268 e. The lowest BCUT2D eigenvalue weighted by Gasteiger charge is -2.28. The topological polar surface area (TPSA) is 70.9 Å². The van der Waals surface area contributed by atoms with Gasteiger partial charge in [-0.25, -0.2) is 0 Å². The van der Waals surface area contributed by atoms with E-state index in [1.165, 1.54) is 0 Å². The Balaban J connectivity index is 1.68. The van der Waals surface area contributed by atoms with Gasteiger partial charge in [0, 0.05) is 5.69 Å². The summed E-state index contributed by atoms with van der Waals surface area (Å²) in [6, 6.07) is 25.6. The van der Waals surface area contributed by atoms with Crippen molar-refractivity contribution in [2.75, 3.05) is 5.32 Å². The highest BCUT2D eigenvalue weighted by atomic mass is 35.5. The molecule has 0 saturated carbocycles. The molecule has 0 unspecified atom stereocenters. The molecule has 0 aliphatic carbocycles. The molecule has 0 spiro atoms. The fraction of sp³-hybridized carbons (Fsp3) is 0.208. The fourth-order valence-electron chi connectivity index (χ4n) is 3.50. The molecule has 1 aliphatic heterocycles. The van der Waals surface area contributed by atoms with E-state index in [0.29, 0.717) is 5.69 Å². The zero-order valence-electron chi connectivity index (χ0n) is 16.9. The first-order valence-corrected chi connectivity index (χ1v) is 11.7. The van der Waals surface area contributed by atoms with Crippen molar-refractivity contribution in [3.63, 3.8) is 0 Å². The molecule has 3 aromatic rings. The first-order valence-electron chi connectivity index (χ1n) is 9.92. The van der Waals surface area contributed by atoms with Crippen LogP contribution >= 0.6 is 11.6 Å². The van der Waals surface area contributed by atoms with Crippen LogP contribution in [0.4, 0.5) is 5.69 Å². The summed E-state index contributed by atoms with van der Waals surface area (Å²) in [6.07, 6.45) is 0. The van der Waals surface area contributed by atoms with E-state index in [1.807, 2.05) is 79.7 Å². The number of carbonyl (C=O) groups excluding carboxylic acids is 1. The summed E-state index contributed by atoms with van der Waals surface area (Å²) in [7, 11) is -1.74. The van der Waals surface area contributed by atoms with Crippen LogP contribution in [-0.2, 0) is 21.3 Å². The van der Waals surface area contributed by atoms with Crippen LogP contribution in [0.5, 0.6) is 0 Å². The van der Waals surface area contributed by atoms with E-state index in [9.17, 15) is 9.00 Å². The van der Waals surface area contributed by atoms with E-state index >= 15 is 0 Å². The zero-order chi connectivity index (χ0) is 21.8. The van der Waals surface area contributed by atoms with E-state index in [-0.39, 0.29) is 5.75 Å². The minimum Gasteiger partial charge on any atom is -0.323 e. The molecule has 0 saturated heterocycles. The number of benzene rings is 3. The lowest BCUT2D eigenvalue weighted by molar-refractivity contribution is -0.118. The number of nitrogens with one attached hydrogen (secondary N) is 1. The molecule has 4 rings (SSSR count). The molecule has 3 aromatic carbocycles. The van der Waals surface area contributed by atoms with Crippen molar-refractivity contribution < 1.29 is 9.00 Å². The standard InChI is InChI=1S/C24H22ClN3O2S/c1-17-12-14-20(15-13-17)26-23(29)24(31(30)16-18-8-4-2-5-9-18)22(25)21(27-28-24)19-10-6-3-7-11-19/h2-15,21-22H,16H2,1H3,(H,26,29)/t21-,22-,24+,31+/m0/s1. The summed E-state index contributed by atoms with van der Waals surface area (Å²) >= 11 is 6.84. The van der Waals surface area contributed by atoms with Crippen LogP contribution in [-0.4, -0.2) is 20.4 Å². The lowest BCUT2D eigenvalue weighted by atomic mass is 10.00. The van der Waals surface area contributed by atoms with Gasteiger partial charge in [-0.1, -0.05) is 78.4 Å². The number of anilines is 1. The van der Waals surface area contributed by atoms with Crippen molar-refractivity contribution in [1.29, 1.82) is 0 Å². The number of aryl methyl sites for hydroxylation is 1. The Morgan fingerprint density at radius 2 is 1.61 bits per heavy atom. The monoisotopic (exact) mass is 451 g/mol. The third-order valence-corrected chi connectivity index (χ3v) is 7.74. The molecule has 1 N–H and O–H groups in total. The minimum atomic E-state index is -1.74. The Morgan fingerprint density at radius 1 is 1.00 bits per heavy atom. The van der Waals surface area contributed by atoms with Gasteiger partial charge in [-0.15, -0.1) is 11.6 Å². The number of amides is 1. The maximum atomic E-state index is 13.6. The molecule has 1 amide bonds. The average molecular weight is 452 g/mol. The van der Waals surface area contributed by atoms with Crippen LogP contribution < -0.4 is 5.32 Å². The minimum absolute atomic E-state index is 0.145. The molecule has 1 aliphatic rings. The lowest BCUT2D eigenvalue weighted by Crippen LogP contribution is -2.51. The second-order valence-corrected chi connectivity index (χ2v) is 9.54. The number of alkyl halides is 1. The van der Waals surface area contributed by atoms with Gasteiger partial charge in [0.2, 0.25) is 0 Å².